The lowest BCUT2D eigenvalue weighted by Gasteiger charge is -2.19. The number of carbonyl (C=O) groups is 1. The van der Waals surface area contributed by atoms with Crippen LogP contribution in [0.2, 0.25) is 0 Å². The van der Waals surface area contributed by atoms with Crippen molar-refractivity contribution in [3.8, 4) is 0 Å². The van der Waals surface area contributed by atoms with Gasteiger partial charge in [0.05, 0.1) is 6.42 Å². The Morgan fingerprint density at radius 3 is 2.47 bits per heavy atom. The smallest absolute Gasteiger partial charge is 0.224 e. The fourth-order valence-electron chi connectivity index (χ4n) is 2.16. The Morgan fingerprint density at radius 1 is 1.26 bits per heavy atom. The molecule has 0 saturated carbocycles. The van der Waals surface area contributed by atoms with Crippen LogP contribution >= 0.6 is 0 Å². The number of nitrogens with two attached hydrogens (primary N) is 1. The molecule has 106 valence electrons. The van der Waals surface area contributed by atoms with Crippen molar-refractivity contribution in [3.63, 3.8) is 0 Å². The second-order valence-electron chi connectivity index (χ2n) is 5.73. The number of nitrogens with one attached hydrogen (secondary N) is 1. The van der Waals surface area contributed by atoms with Gasteiger partial charge in [-0.05, 0) is 42.9 Å². The maximum Gasteiger partial charge on any atom is 0.224 e. The van der Waals surface area contributed by atoms with Crippen LogP contribution < -0.4 is 11.1 Å². The van der Waals surface area contributed by atoms with Crippen LogP contribution in [0.5, 0.6) is 0 Å². The lowest BCUT2D eigenvalue weighted by molar-refractivity contribution is -0.121. The summed E-state index contributed by atoms with van der Waals surface area (Å²) in [4.78, 5) is 12.0. The van der Waals surface area contributed by atoms with Gasteiger partial charge in [0, 0.05) is 12.6 Å². The van der Waals surface area contributed by atoms with Gasteiger partial charge in [0.15, 0.2) is 0 Å². The summed E-state index contributed by atoms with van der Waals surface area (Å²) in [5.41, 5.74) is 9.23. The molecule has 1 amide bonds. The molecule has 1 aromatic carbocycles. The van der Waals surface area contributed by atoms with Crippen LogP contribution in [0.3, 0.4) is 0 Å². The van der Waals surface area contributed by atoms with E-state index in [0.717, 1.165) is 12.0 Å². The molecule has 19 heavy (non-hydrogen) atoms. The zero-order chi connectivity index (χ0) is 14.4. The molecule has 3 heteroatoms. The number of carbonyl (C=O) groups excluding carboxylic acids is 1. The maximum atomic E-state index is 12.0. The number of hydrogen-bond acceptors (Lipinski definition) is 2. The van der Waals surface area contributed by atoms with Gasteiger partial charge in [-0.3, -0.25) is 4.79 Å². The highest BCUT2D eigenvalue weighted by Gasteiger charge is 2.12. The number of aryl methyl sites for hydroxylation is 2. The molecule has 0 saturated heterocycles. The van der Waals surface area contributed by atoms with E-state index in [0.29, 0.717) is 18.9 Å². The molecule has 1 atom stereocenters. The van der Waals surface area contributed by atoms with Crippen LogP contribution in [0.1, 0.15) is 37.0 Å². The van der Waals surface area contributed by atoms with Gasteiger partial charge in [-0.1, -0.05) is 32.0 Å². The molecule has 0 aromatic heterocycles. The molecule has 1 rings (SSSR count). The summed E-state index contributed by atoms with van der Waals surface area (Å²) in [6, 6.07) is 6.24. The molecule has 0 aliphatic carbocycles. The van der Waals surface area contributed by atoms with Crippen molar-refractivity contribution in [1.29, 1.82) is 0 Å². The van der Waals surface area contributed by atoms with E-state index in [9.17, 15) is 4.79 Å². The molecular weight excluding hydrogens is 236 g/mol. The van der Waals surface area contributed by atoms with E-state index in [-0.39, 0.29) is 11.9 Å². The average molecular weight is 262 g/mol. The van der Waals surface area contributed by atoms with Crippen LogP contribution in [0.15, 0.2) is 18.2 Å². The SMILES string of the molecule is Cc1ccc(CC(=O)NC(CN)CC(C)C)cc1C. The van der Waals surface area contributed by atoms with Crippen LogP contribution in [-0.4, -0.2) is 18.5 Å². The van der Waals surface area contributed by atoms with Gasteiger partial charge in [0.2, 0.25) is 5.91 Å². The Hall–Kier alpha value is -1.35. The van der Waals surface area contributed by atoms with Gasteiger partial charge in [-0.2, -0.15) is 0 Å². The second kappa shape index (κ2) is 7.29. The normalized spacial score (nSPS) is 12.5. The molecule has 0 fully saturated rings. The largest absolute Gasteiger partial charge is 0.352 e. The third kappa shape index (κ3) is 5.43. The number of benzene rings is 1. The monoisotopic (exact) mass is 262 g/mol. The molecule has 0 aliphatic rings. The molecular formula is C16H26N2O. The van der Waals surface area contributed by atoms with Gasteiger partial charge in [0.1, 0.15) is 0 Å². The quantitative estimate of drug-likeness (QED) is 0.826. The van der Waals surface area contributed by atoms with Crippen LogP contribution in [-0.2, 0) is 11.2 Å². The predicted octanol–water partition coefficient (Wildman–Crippen LogP) is 2.34. The van der Waals surface area contributed by atoms with Gasteiger partial charge < -0.3 is 11.1 Å². The maximum absolute atomic E-state index is 12.0. The highest BCUT2D eigenvalue weighted by Crippen LogP contribution is 2.10. The van der Waals surface area contributed by atoms with Crippen molar-refractivity contribution in [2.75, 3.05) is 6.54 Å². The number of rotatable bonds is 6. The van der Waals surface area contributed by atoms with Crippen molar-refractivity contribution >= 4 is 5.91 Å². The molecule has 0 spiro atoms. The van der Waals surface area contributed by atoms with E-state index in [2.05, 4.69) is 45.1 Å². The fraction of sp³-hybridized carbons (Fsp3) is 0.562. The molecule has 0 radical (unpaired) electrons. The van der Waals surface area contributed by atoms with E-state index in [1.54, 1.807) is 0 Å². The van der Waals surface area contributed by atoms with E-state index in [1.807, 2.05) is 6.07 Å². The third-order valence-corrected chi connectivity index (χ3v) is 3.34. The van der Waals surface area contributed by atoms with E-state index < -0.39 is 0 Å². The Morgan fingerprint density at radius 2 is 1.95 bits per heavy atom. The summed E-state index contributed by atoms with van der Waals surface area (Å²) < 4.78 is 0. The molecule has 1 aromatic rings. The standard InChI is InChI=1S/C16H26N2O/c1-11(2)7-15(10-17)18-16(19)9-14-6-5-12(3)13(4)8-14/h5-6,8,11,15H,7,9-10,17H2,1-4H3,(H,18,19). The number of amides is 1. The Labute approximate surface area is 116 Å². The zero-order valence-electron chi connectivity index (χ0n) is 12.5. The van der Waals surface area contributed by atoms with Crippen LogP contribution in [0, 0.1) is 19.8 Å². The molecule has 0 aliphatic heterocycles. The van der Waals surface area contributed by atoms with E-state index >= 15 is 0 Å². The first kappa shape index (κ1) is 15.7. The lowest BCUT2D eigenvalue weighted by Crippen LogP contribution is -2.41. The minimum atomic E-state index is 0.0550. The molecule has 1 unspecified atom stereocenters. The van der Waals surface area contributed by atoms with Gasteiger partial charge in [-0.25, -0.2) is 0 Å². The van der Waals surface area contributed by atoms with Gasteiger partial charge in [0.25, 0.3) is 0 Å². The van der Waals surface area contributed by atoms with E-state index in [1.165, 1.54) is 11.1 Å². The van der Waals surface area contributed by atoms with Crippen molar-refractivity contribution in [1.82, 2.24) is 5.32 Å². The van der Waals surface area contributed by atoms with Gasteiger partial charge in [-0.15, -0.1) is 0 Å². The summed E-state index contributed by atoms with van der Waals surface area (Å²) in [6.45, 7) is 8.91. The minimum Gasteiger partial charge on any atom is -0.352 e. The summed E-state index contributed by atoms with van der Waals surface area (Å²) in [5.74, 6) is 0.592. The molecule has 3 nitrogen and oxygen atoms in total. The van der Waals surface area contributed by atoms with Crippen LogP contribution in [0.25, 0.3) is 0 Å². The summed E-state index contributed by atoms with van der Waals surface area (Å²) in [7, 11) is 0. The predicted molar refractivity (Wildman–Crippen MR) is 80.1 cm³/mol. The summed E-state index contributed by atoms with van der Waals surface area (Å²) in [5, 5.41) is 3.02. The van der Waals surface area contributed by atoms with Crippen molar-refractivity contribution in [2.24, 2.45) is 11.7 Å². The molecule has 0 bridgehead atoms. The Balaban J connectivity index is 2.56. The third-order valence-electron chi connectivity index (χ3n) is 3.34. The van der Waals surface area contributed by atoms with Crippen molar-refractivity contribution in [2.45, 2.75) is 46.6 Å². The lowest BCUT2D eigenvalue weighted by atomic mass is 10.0. The summed E-state index contributed by atoms with van der Waals surface area (Å²) >= 11 is 0. The zero-order valence-corrected chi connectivity index (χ0v) is 12.5. The first-order valence-electron chi connectivity index (χ1n) is 6.98. The topological polar surface area (TPSA) is 55.1 Å². The minimum absolute atomic E-state index is 0.0550. The fourth-order valence-corrected chi connectivity index (χ4v) is 2.16. The van der Waals surface area contributed by atoms with Gasteiger partial charge >= 0.3 is 0 Å². The average Bonchev–Trinajstić information content (AvgIpc) is 2.32. The highest BCUT2D eigenvalue weighted by molar-refractivity contribution is 5.79. The second-order valence-corrected chi connectivity index (χ2v) is 5.73. The molecule has 3 N–H and O–H groups in total. The first-order valence-corrected chi connectivity index (χ1v) is 6.98. The van der Waals surface area contributed by atoms with Crippen LogP contribution in [0.4, 0.5) is 0 Å². The Bertz CT molecular complexity index is 427. The first-order chi connectivity index (χ1) is 8.92. The number of hydrogen-bond donors (Lipinski definition) is 2. The molecule has 0 heterocycles. The van der Waals surface area contributed by atoms with Crippen molar-refractivity contribution in [3.05, 3.63) is 34.9 Å². The highest BCUT2D eigenvalue weighted by atomic mass is 16.1. The Kier molecular flexibility index (Phi) is 6.03. The van der Waals surface area contributed by atoms with Crippen molar-refractivity contribution < 1.29 is 4.79 Å². The summed E-state index contributed by atoms with van der Waals surface area (Å²) in [6.07, 6.45) is 1.35. The van der Waals surface area contributed by atoms with E-state index in [4.69, 9.17) is 5.73 Å².